The molecule has 126 valence electrons. The molecule has 0 aliphatic carbocycles. The van der Waals surface area contributed by atoms with Crippen molar-refractivity contribution in [2.45, 2.75) is 37.9 Å². The molecule has 3 rings (SSSR count). The molecule has 1 aliphatic heterocycles. The minimum absolute atomic E-state index is 0. The van der Waals surface area contributed by atoms with Gasteiger partial charge in [-0.2, -0.15) is 4.98 Å². The van der Waals surface area contributed by atoms with Crippen LogP contribution in [0, 0.1) is 0 Å². The summed E-state index contributed by atoms with van der Waals surface area (Å²) in [4.78, 5) is 4.49. The average molecular weight is 403 g/mol. The van der Waals surface area contributed by atoms with E-state index in [4.69, 9.17) is 4.52 Å². The quantitative estimate of drug-likeness (QED) is 0.714. The smallest absolute Gasteiger partial charge is 0.245 e. The fraction of sp³-hybridized carbons (Fsp3) is 0.467. The Morgan fingerprint density at radius 2 is 2.00 bits per heavy atom. The molecule has 8 heteroatoms. The first-order valence-electron chi connectivity index (χ1n) is 7.42. The van der Waals surface area contributed by atoms with Gasteiger partial charge >= 0.3 is 0 Å². The summed E-state index contributed by atoms with van der Waals surface area (Å²) < 4.78 is 6.48. The number of hydrazine groups is 1. The van der Waals surface area contributed by atoms with Gasteiger partial charge in [0.1, 0.15) is 6.04 Å². The summed E-state index contributed by atoms with van der Waals surface area (Å²) in [6.07, 6.45) is 1.64. The normalized spacial score (nSPS) is 21.9. The van der Waals surface area contributed by atoms with E-state index in [2.05, 4.69) is 61.3 Å². The molecule has 0 bridgehead atoms. The predicted octanol–water partition coefficient (Wildman–Crippen LogP) is 2.68. The highest BCUT2D eigenvalue weighted by Gasteiger charge is 2.30. The summed E-state index contributed by atoms with van der Waals surface area (Å²) >= 11 is 3.46. The van der Waals surface area contributed by atoms with Crippen LogP contribution in [0.3, 0.4) is 0 Å². The van der Waals surface area contributed by atoms with E-state index in [0.717, 1.165) is 23.1 Å². The van der Waals surface area contributed by atoms with Crippen LogP contribution < -0.4 is 16.2 Å². The van der Waals surface area contributed by atoms with Crippen molar-refractivity contribution >= 4 is 28.3 Å². The van der Waals surface area contributed by atoms with Crippen molar-refractivity contribution in [3.05, 3.63) is 46.0 Å². The van der Waals surface area contributed by atoms with Gasteiger partial charge in [0.05, 0.1) is 0 Å². The lowest BCUT2D eigenvalue weighted by atomic mass is 10.0. The van der Waals surface area contributed by atoms with Crippen LogP contribution in [-0.4, -0.2) is 23.2 Å². The summed E-state index contributed by atoms with van der Waals surface area (Å²) in [6.45, 7) is 2.09. The fourth-order valence-electron chi connectivity index (χ4n) is 2.50. The van der Waals surface area contributed by atoms with Gasteiger partial charge in [-0.15, -0.1) is 12.4 Å². The van der Waals surface area contributed by atoms with Crippen molar-refractivity contribution in [3.8, 4) is 0 Å². The third-order valence-corrected chi connectivity index (χ3v) is 4.47. The molecule has 23 heavy (non-hydrogen) atoms. The van der Waals surface area contributed by atoms with Gasteiger partial charge < -0.3 is 9.84 Å². The molecule has 3 unspecified atom stereocenters. The molecule has 6 nitrogen and oxygen atoms in total. The van der Waals surface area contributed by atoms with E-state index in [1.54, 1.807) is 0 Å². The lowest BCUT2D eigenvalue weighted by Gasteiger charge is -2.09. The molecule has 1 aromatic carbocycles. The number of halogens is 2. The summed E-state index contributed by atoms with van der Waals surface area (Å²) in [7, 11) is 1.93. The van der Waals surface area contributed by atoms with Crippen molar-refractivity contribution in [2.24, 2.45) is 0 Å². The van der Waals surface area contributed by atoms with Crippen molar-refractivity contribution in [1.29, 1.82) is 0 Å². The molecular formula is C15H21BrClN5O. The second kappa shape index (κ2) is 8.21. The highest BCUT2D eigenvalue weighted by Crippen LogP contribution is 2.30. The molecule has 2 heterocycles. The summed E-state index contributed by atoms with van der Waals surface area (Å²) in [5, 5.41) is 7.23. The van der Waals surface area contributed by atoms with Gasteiger partial charge in [-0.1, -0.05) is 33.2 Å². The standard InChI is InChI=1S/C15H20BrN5O.ClH/c1-9(17-2)7-14-18-15(22-21-14)13-8-12(19-20-13)10-3-5-11(16)6-4-10;/h3-6,9,12-13,17,19-20H,7-8H2,1-2H3;1H. The van der Waals surface area contributed by atoms with Crippen LogP contribution in [0.2, 0.25) is 0 Å². The maximum absolute atomic E-state index is 5.40. The number of rotatable bonds is 5. The largest absolute Gasteiger partial charge is 0.338 e. The third-order valence-electron chi connectivity index (χ3n) is 3.94. The Hall–Kier alpha value is -0.990. The molecule has 0 amide bonds. The topological polar surface area (TPSA) is 75.0 Å². The zero-order valence-electron chi connectivity index (χ0n) is 13.0. The molecule has 1 saturated heterocycles. The minimum Gasteiger partial charge on any atom is -0.338 e. The molecule has 3 atom stereocenters. The van der Waals surface area contributed by atoms with Crippen LogP contribution in [0.5, 0.6) is 0 Å². The monoisotopic (exact) mass is 401 g/mol. The molecule has 1 aliphatic rings. The van der Waals surface area contributed by atoms with Gasteiger partial charge in [-0.05, 0) is 38.1 Å². The maximum atomic E-state index is 5.40. The Morgan fingerprint density at radius 3 is 2.70 bits per heavy atom. The van der Waals surface area contributed by atoms with Crippen LogP contribution in [0.15, 0.2) is 33.3 Å². The number of nitrogens with zero attached hydrogens (tertiary/aromatic N) is 2. The number of likely N-dealkylation sites (N-methyl/N-ethyl adjacent to an activating group) is 1. The van der Waals surface area contributed by atoms with Gasteiger partial charge in [0.25, 0.3) is 0 Å². The summed E-state index contributed by atoms with van der Waals surface area (Å²) in [5.74, 6) is 1.39. The van der Waals surface area contributed by atoms with Gasteiger partial charge in [0.2, 0.25) is 5.89 Å². The van der Waals surface area contributed by atoms with Crippen molar-refractivity contribution in [1.82, 2.24) is 26.3 Å². The summed E-state index contributed by atoms with van der Waals surface area (Å²) in [5.41, 5.74) is 7.78. The number of benzene rings is 1. The highest BCUT2D eigenvalue weighted by atomic mass is 79.9. The van der Waals surface area contributed by atoms with Gasteiger partial charge in [0, 0.05) is 23.0 Å². The second-order valence-electron chi connectivity index (χ2n) is 5.62. The highest BCUT2D eigenvalue weighted by molar-refractivity contribution is 9.10. The Morgan fingerprint density at radius 1 is 1.30 bits per heavy atom. The van der Waals surface area contributed by atoms with Crippen LogP contribution in [0.4, 0.5) is 0 Å². The Balaban J connectivity index is 0.00000192. The van der Waals surface area contributed by atoms with Gasteiger partial charge in [-0.25, -0.2) is 10.9 Å². The van der Waals surface area contributed by atoms with Crippen LogP contribution in [-0.2, 0) is 6.42 Å². The molecule has 1 fully saturated rings. The molecular weight excluding hydrogens is 382 g/mol. The average Bonchev–Trinajstić information content (AvgIpc) is 3.17. The van der Waals surface area contributed by atoms with Gasteiger partial charge in [-0.3, -0.25) is 0 Å². The lowest BCUT2D eigenvalue weighted by Crippen LogP contribution is -2.27. The Bertz CT molecular complexity index is 621. The number of nitrogens with one attached hydrogen (secondary N) is 3. The van der Waals surface area contributed by atoms with Crippen molar-refractivity contribution in [2.75, 3.05) is 7.05 Å². The molecule has 2 aromatic rings. The van der Waals surface area contributed by atoms with E-state index in [0.29, 0.717) is 11.9 Å². The first-order chi connectivity index (χ1) is 10.7. The Kier molecular flexibility index (Phi) is 6.55. The number of hydrogen-bond acceptors (Lipinski definition) is 6. The SMILES string of the molecule is CNC(C)Cc1noc(C2CC(c3ccc(Br)cc3)NN2)n1.Cl. The molecule has 3 N–H and O–H groups in total. The summed E-state index contributed by atoms with van der Waals surface area (Å²) in [6, 6.07) is 8.93. The van der Waals surface area contributed by atoms with E-state index in [-0.39, 0.29) is 24.5 Å². The first kappa shape index (κ1) is 18.4. The van der Waals surface area contributed by atoms with Crippen LogP contribution in [0.25, 0.3) is 0 Å². The minimum atomic E-state index is 0. The predicted molar refractivity (Wildman–Crippen MR) is 94.3 cm³/mol. The van der Waals surface area contributed by atoms with E-state index >= 15 is 0 Å². The molecule has 0 spiro atoms. The van der Waals surface area contributed by atoms with Crippen molar-refractivity contribution < 1.29 is 4.52 Å². The lowest BCUT2D eigenvalue weighted by molar-refractivity contribution is 0.335. The van der Waals surface area contributed by atoms with E-state index in [1.165, 1.54) is 5.56 Å². The van der Waals surface area contributed by atoms with Crippen molar-refractivity contribution in [3.63, 3.8) is 0 Å². The fourth-order valence-corrected chi connectivity index (χ4v) is 2.76. The van der Waals surface area contributed by atoms with Crippen LogP contribution in [0.1, 0.15) is 42.7 Å². The van der Waals surface area contributed by atoms with Crippen LogP contribution >= 0.6 is 28.3 Å². The Labute approximate surface area is 150 Å². The van der Waals surface area contributed by atoms with E-state index in [1.807, 2.05) is 19.2 Å². The number of hydrogen-bond donors (Lipinski definition) is 3. The first-order valence-corrected chi connectivity index (χ1v) is 8.21. The van der Waals surface area contributed by atoms with E-state index < -0.39 is 0 Å². The molecule has 0 radical (unpaired) electrons. The van der Waals surface area contributed by atoms with E-state index in [9.17, 15) is 0 Å². The zero-order valence-corrected chi connectivity index (χ0v) is 15.4. The molecule has 1 aromatic heterocycles. The zero-order chi connectivity index (χ0) is 15.5. The second-order valence-corrected chi connectivity index (χ2v) is 6.54. The molecule has 0 saturated carbocycles. The third kappa shape index (κ3) is 4.51. The maximum Gasteiger partial charge on any atom is 0.245 e. The van der Waals surface area contributed by atoms with Gasteiger partial charge in [0.15, 0.2) is 5.82 Å². The number of aromatic nitrogens is 2.